The first kappa shape index (κ1) is 22.9. The molecule has 176 valence electrons. The number of rotatable bonds is 8. The molecule has 2 amide bonds. The Morgan fingerprint density at radius 2 is 1.60 bits per heavy atom. The highest BCUT2D eigenvalue weighted by Gasteiger charge is 2.31. The van der Waals surface area contributed by atoms with Crippen molar-refractivity contribution in [3.05, 3.63) is 95.9 Å². The lowest BCUT2D eigenvalue weighted by atomic mass is 10.0. The van der Waals surface area contributed by atoms with Gasteiger partial charge in [-0.2, -0.15) is 0 Å². The van der Waals surface area contributed by atoms with E-state index in [9.17, 15) is 9.59 Å². The fourth-order valence-electron chi connectivity index (χ4n) is 3.95. The number of aromatic nitrogens is 1. The largest absolute Gasteiger partial charge is 0.493 e. The third-order valence-electron chi connectivity index (χ3n) is 5.85. The standard InChI is InChI=1S/C28H24N2O4S/c1-18-24(29-27(34-18)22-11-9-21(10-12-22)20-5-3-2-4-6-20)15-16-33-23-13-7-19(8-14-23)17-25-26(31)30-28(32)35-25/h2-14,25H,15-17H2,1H3,(H,30,31,32). The Hall–Kier alpha value is -3.84. The van der Waals surface area contributed by atoms with Crippen molar-refractivity contribution in [2.45, 2.75) is 25.0 Å². The zero-order valence-corrected chi connectivity index (χ0v) is 20.0. The number of hydrogen-bond acceptors (Lipinski definition) is 6. The van der Waals surface area contributed by atoms with Crippen LogP contribution in [0.15, 0.2) is 83.3 Å². The summed E-state index contributed by atoms with van der Waals surface area (Å²) >= 11 is 1.04. The molecule has 1 aromatic heterocycles. The highest BCUT2D eigenvalue weighted by molar-refractivity contribution is 8.15. The molecule has 2 heterocycles. The minimum absolute atomic E-state index is 0.227. The summed E-state index contributed by atoms with van der Waals surface area (Å²) in [5, 5.41) is 1.67. The van der Waals surface area contributed by atoms with E-state index in [4.69, 9.17) is 9.15 Å². The topological polar surface area (TPSA) is 81.4 Å². The fourth-order valence-corrected chi connectivity index (χ4v) is 4.81. The molecule has 1 N–H and O–H groups in total. The van der Waals surface area contributed by atoms with Crippen LogP contribution in [0.4, 0.5) is 4.79 Å². The Balaban J connectivity index is 1.16. The summed E-state index contributed by atoms with van der Waals surface area (Å²) in [7, 11) is 0. The Morgan fingerprint density at radius 3 is 2.29 bits per heavy atom. The second-order valence-corrected chi connectivity index (χ2v) is 9.47. The number of nitrogens with one attached hydrogen (secondary N) is 1. The molecule has 1 saturated heterocycles. The molecule has 1 atom stereocenters. The van der Waals surface area contributed by atoms with Crippen molar-refractivity contribution >= 4 is 22.9 Å². The van der Waals surface area contributed by atoms with Gasteiger partial charge in [-0.1, -0.05) is 66.4 Å². The predicted molar refractivity (Wildman–Crippen MR) is 136 cm³/mol. The number of carbonyl (C=O) groups is 2. The van der Waals surface area contributed by atoms with E-state index in [0.717, 1.165) is 45.7 Å². The van der Waals surface area contributed by atoms with Gasteiger partial charge in [0.15, 0.2) is 0 Å². The van der Waals surface area contributed by atoms with Crippen LogP contribution in [0, 0.1) is 6.92 Å². The Bertz CT molecular complexity index is 1330. The number of aryl methyl sites for hydroxylation is 1. The minimum atomic E-state index is -0.367. The van der Waals surface area contributed by atoms with Crippen LogP contribution in [-0.2, 0) is 17.6 Å². The Labute approximate surface area is 207 Å². The van der Waals surface area contributed by atoms with E-state index in [0.29, 0.717) is 25.3 Å². The van der Waals surface area contributed by atoms with Crippen LogP contribution in [0.5, 0.6) is 5.75 Å². The average Bonchev–Trinajstić information content (AvgIpc) is 3.41. The van der Waals surface area contributed by atoms with Crippen LogP contribution in [0.3, 0.4) is 0 Å². The molecule has 1 aliphatic heterocycles. The molecule has 0 radical (unpaired) electrons. The quantitative estimate of drug-likeness (QED) is 0.339. The van der Waals surface area contributed by atoms with E-state index in [-0.39, 0.29) is 16.4 Å². The molecule has 6 nitrogen and oxygen atoms in total. The summed E-state index contributed by atoms with van der Waals surface area (Å²) in [6, 6.07) is 26.1. The van der Waals surface area contributed by atoms with Crippen molar-refractivity contribution in [2.24, 2.45) is 0 Å². The summed E-state index contributed by atoms with van der Waals surface area (Å²) in [6.07, 6.45) is 1.13. The van der Waals surface area contributed by atoms with Gasteiger partial charge in [0.1, 0.15) is 11.5 Å². The highest BCUT2D eigenvalue weighted by atomic mass is 32.2. The molecule has 0 bridgehead atoms. The van der Waals surface area contributed by atoms with Gasteiger partial charge < -0.3 is 9.15 Å². The second kappa shape index (κ2) is 10.2. The lowest BCUT2D eigenvalue weighted by Gasteiger charge is -2.08. The first-order valence-corrected chi connectivity index (χ1v) is 12.3. The second-order valence-electron chi connectivity index (χ2n) is 8.30. The van der Waals surface area contributed by atoms with Crippen molar-refractivity contribution in [2.75, 3.05) is 6.61 Å². The van der Waals surface area contributed by atoms with Crippen molar-refractivity contribution in [3.63, 3.8) is 0 Å². The third-order valence-corrected chi connectivity index (χ3v) is 6.83. The molecule has 4 aromatic rings. The van der Waals surface area contributed by atoms with E-state index in [1.807, 2.05) is 61.5 Å². The third kappa shape index (κ3) is 5.46. The van der Waals surface area contributed by atoms with E-state index in [1.54, 1.807) is 0 Å². The number of ether oxygens (including phenoxy) is 1. The van der Waals surface area contributed by atoms with Gasteiger partial charge in [0, 0.05) is 12.0 Å². The van der Waals surface area contributed by atoms with Gasteiger partial charge in [-0.25, -0.2) is 4.98 Å². The van der Waals surface area contributed by atoms with Gasteiger partial charge >= 0.3 is 0 Å². The summed E-state index contributed by atoms with van der Waals surface area (Å²) < 4.78 is 11.8. The van der Waals surface area contributed by atoms with Crippen LogP contribution in [0.1, 0.15) is 17.0 Å². The van der Waals surface area contributed by atoms with Crippen molar-refractivity contribution in [1.82, 2.24) is 10.3 Å². The molecular weight excluding hydrogens is 460 g/mol. The first-order chi connectivity index (χ1) is 17.0. The number of nitrogens with zero attached hydrogens (tertiary/aromatic N) is 1. The average molecular weight is 485 g/mol. The Kier molecular flexibility index (Phi) is 6.68. The zero-order chi connectivity index (χ0) is 24.2. The Morgan fingerprint density at radius 1 is 0.914 bits per heavy atom. The molecule has 5 rings (SSSR count). The molecule has 3 aromatic carbocycles. The van der Waals surface area contributed by atoms with Gasteiger partial charge in [-0.15, -0.1) is 0 Å². The van der Waals surface area contributed by atoms with Gasteiger partial charge in [0.25, 0.3) is 5.24 Å². The smallest absolute Gasteiger partial charge is 0.286 e. The first-order valence-electron chi connectivity index (χ1n) is 11.4. The van der Waals surface area contributed by atoms with Gasteiger partial charge in [0.2, 0.25) is 11.8 Å². The van der Waals surface area contributed by atoms with Gasteiger partial charge in [-0.3, -0.25) is 14.9 Å². The van der Waals surface area contributed by atoms with Crippen LogP contribution in [-0.4, -0.2) is 28.0 Å². The van der Waals surface area contributed by atoms with E-state index >= 15 is 0 Å². The number of carbonyl (C=O) groups excluding carboxylic acids is 2. The van der Waals surface area contributed by atoms with Crippen LogP contribution < -0.4 is 10.1 Å². The minimum Gasteiger partial charge on any atom is -0.493 e. The van der Waals surface area contributed by atoms with E-state index in [2.05, 4.69) is 34.6 Å². The molecule has 1 fully saturated rings. The van der Waals surface area contributed by atoms with Gasteiger partial charge in [0.05, 0.1) is 17.6 Å². The summed E-state index contributed by atoms with van der Waals surface area (Å²) in [5.41, 5.74) is 5.11. The number of thioether (sulfide) groups is 1. The molecule has 0 spiro atoms. The lowest BCUT2D eigenvalue weighted by molar-refractivity contribution is -0.118. The van der Waals surface area contributed by atoms with E-state index < -0.39 is 0 Å². The van der Waals surface area contributed by atoms with Crippen LogP contribution in [0.25, 0.3) is 22.6 Å². The van der Waals surface area contributed by atoms with Crippen LogP contribution in [0.2, 0.25) is 0 Å². The van der Waals surface area contributed by atoms with Crippen LogP contribution >= 0.6 is 11.8 Å². The monoisotopic (exact) mass is 484 g/mol. The van der Waals surface area contributed by atoms with Crippen molar-refractivity contribution < 1.29 is 18.7 Å². The van der Waals surface area contributed by atoms with E-state index in [1.165, 1.54) is 5.56 Å². The maximum Gasteiger partial charge on any atom is 0.286 e. The lowest BCUT2D eigenvalue weighted by Crippen LogP contribution is -2.25. The van der Waals surface area contributed by atoms with Crippen molar-refractivity contribution in [3.8, 4) is 28.3 Å². The molecule has 1 unspecified atom stereocenters. The number of hydrogen-bond donors (Lipinski definition) is 1. The van der Waals surface area contributed by atoms with Crippen molar-refractivity contribution in [1.29, 1.82) is 0 Å². The number of benzene rings is 3. The summed E-state index contributed by atoms with van der Waals surface area (Å²) in [4.78, 5) is 27.7. The highest BCUT2D eigenvalue weighted by Crippen LogP contribution is 2.27. The normalized spacial score (nSPS) is 15.3. The SMILES string of the molecule is Cc1oc(-c2ccc(-c3ccccc3)cc2)nc1CCOc1ccc(CC2SC(=O)NC2=O)cc1. The number of imide groups is 1. The predicted octanol–water partition coefficient (Wildman–Crippen LogP) is 5.83. The van der Waals surface area contributed by atoms with Gasteiger partial charge in [-0.05, 0) is 54.3 Å². The molecule has 7 heteroatoms. The fraction of sp³-hybridized carbons (Fsp3) is 0.179. The molecule has 0 aliphatic carbocycles. The molecule has 0 saturated carbocycles. The zero-order valence-electron chi connectivity index (χ0n) is 19.2. The number of amides is 2. The summed E-state index contributed by atoms with van der Waals surface area (Å²) in [6.45, 7) is 2.38. The maximum absolute atomic E-state index is 11.7. The number of oxazole rings is 1. The maximum atomic E-state index is 11.7. The molecule has 1 aliphatic rings. The summed E-state index contributed by atoms with van der Waals surface area (Å²) in [5.74, 6) is 1.91. The molecule has 35 heavy (non-hydrogen) atoms. The molecular formula is C28H24N2O4S.